The van der Waals surface area contributed by atoms with Crippen LogP contribution in [0, 0.1) is 12.3 Å². The van der Waals surface area contributed by atoms with E-state index in [0.29, 0.717) is 0 Å². The van der Waals surface area contributed by atoms with Crippen LogP contribution in [0.25, 0.3) is 0 Å². The Morgan fingerprint density at radius 3 is 2.57 bits per heavy atom. The fraction of sp³-hybridized carbons (Fsp3) is 0.429. The maximum Gasteiger partial charge on any atom is 0.0161 e. The first-order chi connectivity index (χ1) is 3.45. The predicted molar refractivity (Wildman–Crippen MR) is 28.4 cm³/mol. The summed E-state index contributed by atoms with van der Waals surface area (Å²) in [6, 6.07) is 0. The van der Waals surface area contributed by atoms with E-state index in [1.54, 1.807) is 5.57 Å². The van der Waals surface area contributed by atoms with Crippen molar-refractivity contribution in [3.63, 3.8) is 0 Å². The first-order valence-electron chi connectivity index (χ1n) is 2.74. The molecule has 0 saturated heterocycles. The highest BCUT2D eigenvalue weighted by Gasteiger charge is 2.24. The fourth-order valence-corrected chi connectivity index (χ4v) is 1.21. The molecular formula is C7H7. The SMILES string of the molecule is [C]1C=C2CC[C]1C2. The maximum atomic E-state index is 3.21. The van der Waals surface area contributed by atoms with Crippen LogP contribution in [-0.4, -0.2) is 0 Å². The second-order valence-electron chi connectivity index (χ2n) is 2.23. The third-order valence-corrected chi connectivity index (χ3v) is 1.67. The van der Waals surface area contributed by atoms with Crippen LogP contribution in [0.4, 0.5) is 0 Å². The molecule has 0 unspecified atom stereocenters. The van der Waals surface area contributed by atoms with Gasteiger partial charge in [0.2, 0.25) is 0 Å². The second-order valence-corrected chi connectivity index (χ2v) is 2.23. The lowest BCUT2D eigenvalue weighted by Crippen LogP contribution is -1.83. The van der Waals surface area contributed by atoms with E-state index < -0.39 is 0 Å². The molecule has 0 N–H and O–H groups in total. The molecule has 7 heavy (non-hydrogen) atoms. The average molecular weight is 91.1 g/mol. The fourth-order valence-electron chi connectivity index (χ4n) is 1.21. The van der Waals surface area contributed by atoms with Gasteiger partial charge in [-0.05, 0) is 25.2 Å². The highest BCUT2D eigenvalue weighted by Crippen LogP contribution is 2.39. The van der Waals surface area contributed by atoms with Gasteiger partial charge in [-0.3, -0.25) is 0 Å². The predicted octanol–water partition coefficient (Wildman–Crippen LogP) is 1.77. The van der Waals surface area contributed by atoms with E-state index in [-0.39, 0.29) is 0 Å². The Labute approximate surface area is 44.2 Å². The van der Waals surface area contributed by atoms with Crippen molar-refractivity contribution in [1.29, 1.82) is 0 Å². The number of rotatable bonds is 0. The van der Waals surface area contributed by atoms with Gasteiger partial charge in [0, 0.05) is 6.42 Å². The highest BCUT2D eigenvalue weighted by molar-refractivity contribution is 5.36. The van der Waals surface area contributed by atoms with Crippen LogP contribution in [0.1, 0.15) is 19.3 Å². The summed E-state index contributed by atoms with van der Waals surface area (Å²) in [5.74, 6) is 1.52. The Morgan fingerprint density at radius 1 is 1.43 bits per heavy atom. The summed E-state index contributed by atoms with van der Waals surface area (Å²) in [7, 11) is 0. The summed E-state index contributed by atoms with van der Waals surface area (Å²) in [6.07, 6.45) is 9.22. The molecule has 2 aliphatic rings. The Bertz CT molecular complexity index is 111. The summed E-state index contributed by atoms with van der Waals surface area (Å²) in [4.78, 5) is 0. The first-order valence-corrected chi connectivity index (χ1v) is 2.74. The first kappa shape index (κ1) is 3.71. The van der Waals surface area contributed by atoms with Gasteiger partial charge in [-0.25, -0.2) is 0 Å². The van der Waals surface area contributed by atoms with Gasteiger partial charge in [0.1, 0.15) is 0 Å². The number of hydrogen-bond acceptors (Lipinski definition) is 0. The van der Waals surface area contributed by atoms with Crippen LogP contribution in [0.15, 0.2) is 11.6 Å². The zero-order valence-electron chi connectivity index (χ0n) is 4.20. The van der Waals surface area contributed by atoms with Crippen LogP contribution < -0.4 is 0 Å². The molecule has 2 rings (SSSR count). The van der Waals surface area contributed by atoms with Gasteiger partial charge in [-0.2, -0.15) is 0 Å². The van der Waals surface area contributed by atoms with E-state index >= 15 is 0 Å². The van der Waals surface area contributed by atoms with Gasteiger partial charge in [0.25, 0.3) is 0 Å². The minimum absolute atomic E-state index is 1.25. The van der Waals surface area contributed by atoms with E-state index in [0.717, 1.165) is 0 Å². The quantitative estimate of drug-likeness (QED) is 0.426. The maximum absolute atomic E-state index is 3.21. The lowest BCUT2D eigenvalue weighted by Gasteiger charge is -1.96. The number of hydrogen-bond donors (Lipinski definition) is 0. The smallest absolute Gasteiger partial charge is 0.0161 e. The Morgan fingerprint density at radius 2 is 2.43 bits per heavy atom. The molecule has 2 aliphatic carbocycles. The standard InChI is InChI=1S/C7H7/c1-2-7-4-3-6(1)5-7/h1H,3-5H2. The lowest BCUT2D eigenvalue weighted by atomic mass is 10.1. The van der Waals surface area contributed by atoms with Crippen molar-refractivity contribution in [3.05, 3.63) is 24.0 Å². The van der Waals surface area contributed by atoms with E-state index in [1.165, 1.54) is 25.2 Å². The van der Waals surface area contributed by atoms with Crippen molar-refractivity contribution in [2.75, 3.05) is 0 Å². The molecule has 0 aromatic carbocycles. The molecule has 0 heterocycles. The van der Waals surface area contributed by atoms with Gasteiger partial charge >= 0.3 is 0 Å². The van der Waals surface area contributed by atoms with Gasteiger partial charge < -0.3 is 0 Å². The molecule has 0 spiro atoms. The summed E-state index contributed by atoms with van der Waals surface area (Å²) < 4.78 is 0. The molecule has 0 aliphatic heterocycles. The normalized spacial score (nSPS) is 28.9. The van der Waals surface area contributed by atoms with E-state index in [9.17, 15) is 0 Å². The molecule has 0 heteroatoms. The molecule has 0 amide bonds. The number of fused-ring (bicyclic) bond motifs is 2. The minimum Gasteiger partial charge on any atom is -0.0766 e. The summed E-state index contributed by atoms with van der Waals surface area (Å²) in [6.45, 7) is 0. The molecule has 1 fully saturated rings. The molecule has 1 saturated carbocycles. The van der Waals surface area contributed by atoms with E-state index in [2.05, 4.69) is 12.5 Å². The Kier molecular flexibility index (Phi) is 0.592. The molecular weight excluding hydrogens is 84.1 g/mol. The summed E-state index contributed by atoms with van der Waals surface area (Å²) >= 11 is 0. The van der Waals surface area contributed by atoms with Crippen LogP contribution in [0.5, 0.6) is 0 Å². The minimum atomic E-state index is 1.25. The molecule has 35 valence electrons. The third-order valence-electron chi connectivity index (χ3n) is 1.67. The van der Waals surface area contributed by atoms with E-state index in [4.69, 9.17) is 0 Å². The van der Waals surface area contributed by atoms with Crippen LogP contribution in [0.2, 0.25) is 0 Å². The molecule has 0 atom stereocenters. The van der Waals surface area contributed by atoms with Crippen molar-refractivity contribution in [1.82, 2.24) is 0 Å². The second kappa shape index (κ2) is 1.12. The van der Waals surface area contributed by atoms with Crippen molar-refractivity contribution < 1.29 is 0 Å². The van der Waals surface area contributed by atoms with Gasteiger partial charge in [0.05, 0.1) is 0 Å². The number of allylic oxidation sites excluding steroid dienone is 2. The topological polar surface area (TPSA) is 0 Å². The van der Waals surface area contributed by atoms with Crippen molar-refractivity contribution >= 4 is 0 Å². The van der Waals surface area contributed by atoms with Crippen molar-refractivity contribution in [2.45, 2.75) is 19.3 Å². The van der Waals surface area contributed by atoms with Crippen molar-refractivity contribution in [2.24, 2.45) is 0 Å². The van der Waals surface area contributed by atoms with Crippen LogP contribution in [0.3, 0.4) is 0 Å². The Hall–Kier alpha value is -0.260. The van der Waals surface area contributed by atoms with E-state index in [1.807, 2.05) is 0 Å². The highest BCUT2D eigenvalue weighted by atomic mass is 14.3. The lowest BCUT2D eigenvalue weighted by molar-refractivity contribution is 0.940. The third kappa shape index (κ3) is 0.425. The van der Waals surface area contributed by atoms with Gasteiger partial charge in [-0.15, -0.1) is 0 Å². The Balaban J connectivity index is 2.30. The van der Waals surface area contributed by atoms with Gasteiger partial charge in [0.15, 0.2) is 0 Å². The molecule has 3 radical (unpaired) electrons. The molecule has 0 aromatic rings. The molecule has 0 nitrogen and oxygen atoms in total. The zero-order valence-corrected chi connectivity index (χ0v) is 4.20. The molecule has 0 aromatic heterocycles. The average Bonchev–Trinajstić information content (AvgIpc) is 2.22. The van der Waals surface area contributed by atoms with Crippen LogP contribution >= 0.6 is 0 Å². The van der Waals surface area contributed by atoms with Crippen LogP contribution in [-0.2, 0) is 0 Å². The van der Waals surface area contributed by atoms with Crippen molar-refractivity contribution in [3.8, 4) is 0 Å². The summed E-state index contributed by atoms with van der Waals surface area (Å²) in [5, 5.41) is 0. The largest absolute Gasteiger partial charge is 0.0766 e. The molecule has 2 bridgehead atoms. The van der Waals surface area contributed by atoms with Gasteiger partial charge in [-0.1, -0.05) is 11.6 Å². The zero-order chi connectivity index (χ0) is 4.69. The summed E-state index contributed by atoms with van der Waals surface area (Å²) in [5.41, 5.74) is 1.59. The monoisotopic (exact) mass is 91.1 g/mol.